The van der Waals surface area contributed by atoms with Crippen molar-refractivity contribution in [2.45, 2.75) is 12.8 Å². The van der Waals surface area contributed by atoms with E-state index in [4.69, 9.17) is 0 Å². The van der Waals surface area contributed by atoms with Crippen LogP contribution < -0.4 is 5.32 Å². The lowest BCUT2D eigenvalue weighted by atomic mass is 10.2. The minimum absolute atomic E-state index is 0.124. The van der Waals surface area contributed by atoms with Gasteiger partial charge in [-0.15, -0.1) is 0 Å². The summed E-state index contributed by atoms with van der Waals surface area (Å²) >= 11 is 3.28. The average Bonchev–Trinajstić information content (AvgIpc) is 2.87. The van der Waals surface area contributed by atoms with Gasteiger partial charge in [0, 0.05) is 29.8 Å². The van der Waals surface area contributed by atoms with E-state index >= 15 is 0 Å². The second-order valence-electron chi connectivity index (χ2n) is 3.68. The SMILES string of the molecule is O=C(NCCCc1ncn[nH]1)c1cncc(Br)c1. The zero-order valence-electron chi connectivity index (χ0n) is 9.56. The minimum Gasteiger partial charge on any atom is -0.352 e. The molecule has 94 valence electrons. The first kappa shape index (κ1) is 12.7. The number of hydrogen-bond donors (Lipinski definition) is 2. The molecule has 2 rings (SSSR count). The van der Waals surface area contributed by atoms with Gasteiger partial charge in [0.05, 0.1) is 5.56 Å². The minimum atomic E-state index is -0.124. The predicted molar refractivity (Wildman–Crippen MR) is 69.0 cm³/mol. The highest BCUT2D eigenvalue weighted by Crippen LogP contribution is 2.09. The maximum atomic E-state index is 11.8. The van der Waals surface area contributed by atoms with E-state index < -0.39 is 0 Å². The van der Waals surface area contributed by atoms with Crippen molar-refractivity contribution in [1.29, 1.82) is 0 Å². The summed E-state index contributed by atoms with van der Waals surface area (Å²) < 4.78 is 0.789. The van der Waals surface area contributed by atoms with Gasteiger partial charge in [0.2, 0.25) is 0 Å². The summed E-state index contributed by atoms with van der Waals surface area (Å²) in [6.07, 6.45) is 6.22. The molecule has 2 heterocycles. The molecule has 0 bridgehead atoms. The molecule has 0 aliphatic heterocycles. The molecule has 0 unspecified atom stereocenters. The molecular formula is C11H12BrN5O. The number of pyridine rings is 1. The highest BCUT2D eigenvalue weighted by molar-refractivity contribution is 9.10. The van der Waals surface area contributed by atoms with E-state index in [-0.39, 0.29) is 5.91 Å². The Kier molecular flexibility index (Phi) is 4.40. The number of halogens is 1. The molecule has 0 saturated carbocycles. The molecule has 0 atom stereocenters. The fourth-order valence-electron chi connectivity index (χ4n) is 1.45. The van der Waals surface area contributed by atoms with Crippen LogP contribution in [-0.4, -0.2) is 32.6 Å². The van der Waals surface area contributed by atoms with E-state index in [1.807, 2.05) is 0 Å². The normalized spacial score (nSPS) is 10.3. The standard InChI is InChI=1S/C11H12BrN5O/c12-9-4-8(5-13-6-9)11(18)14-3-1-2-10-15-7-16-17-10/h4-7H,1-3H2,(H,14,18)(H,15,16,17). The number of carbonyl (C=O) groups is 1. The Bertz CT molecular complexity index is 514. The zero-order chi connectivity index (χ0) is 12.8. The van der Waals surface area contributed by atoms with Gasteiger partial charge in [-0.3, -0.25) is 14.9 Å². The summed E-state index contributed by atoms with van der Waals surface area (Å²) in [6.45, 7) is 0.589. The van der Waals surface area contributed by atoms with Crippen molar-refractivity contribution in [2.24, 2.45) is 0 Å². The number of nitrogens with zero attached hydrogens (tertiary/aromatic N) is 3. The molecule has 18 heavy (non-hydrogen) atoms. The fraction of sp³-hybridized carbons (Fsp3) is 0.273. The predicted octanol–water partition coefficient (Wildman–Crippen LogP) is 1.32. The second kappa shape index (κ2) is 6.25. The molecule has 0 aliphatic carbocycles. The molecule has 0 saturated heterocycles. The van der Waals surface area contributed by atoms with E-state index in [0.29, 0.717) is 12.1 Å². The van der Waals surface area contributed by atoms with Crippen LogP contribution in [-0.2, 0) is 6.42 Å². The summed E-state index contributed by atoms with van der Waals surface area (Å²) in [6, 6.07) is 1.73. The van der Waals surface area contributed by atoms with Crippen LogP contribution in [0.25, 0.3) is 0 Å². The molecule has 2 aromatic heterocycles. The number of aryl methyl sites for hydroxylation is 1. The first-order chi connectivity index (χ1) is 8.75. The number of amides is 1. The number of hydrogen-bond acceptors (Lipinski definition) is 4. The second-order valence-corrected chi connectivity index (χ2v) is 4.60. The third-order valence-electron chi connectivity index (χ3n) is 2.31. The number of aromatic amines is 1. The Balaban J connectivity index is 1.75. The van der Waals surface area contributed by atoms with Gasteiger partial charge in [-0.1, -0.05) is 0 Å². The summed E-state index contributed by atoms with van der Waals surface area (Å²) in [4.78, 5) is 19.7. The van der Waals surface area contributed by atoms with E-state index in [2.05, 4.69) is 41.4 Å². The average molecular weight is 310 g/mol. The molecule has 0 spiro atoms. The van der Waals surface area contributed by atoms with Crippen LogP contribution in [0.5, 0.6) is 0 Å². The number of nitrogens with one attached hydrogen (secondary N) is 2. The van der Waals surface area contributed by atoms with Gasteiger partial charge in [-0.25, -0.2) is 4.98 Å². The van der Waals surface area contributed by atoms with Crippen LogP contribution in [0.15, 0.2) is 29.3 Å². The van der Waals surface area contributed by atoms with Crippen LogP contribution in [0.2, 0.25) is 0 Å². The van der Waals surface area contributed by atoms with Gasteiger partial charge in [-0.05, 0) is 28.4 Å². The molecule has 6 nitrogen and oxygen atoms in total. The Hall–Kier alpha value is -1.76. The van der Waals surface area contributed by atoms with Gasteiger partial charge in [-0.2, -0.15) is 5.10 Å². The topological polar surface area (TPSA) is 83.6 Å². The van der Waals surface area contributed by atoms with Crippen LogP contribution in [0, 0.1) is 0 Å². The van der Waals surface area contributed by atoms with Crippen molar-refractivity contribution in [1.82, 2.24) is 25.5 Å². The molecule has 2 N–H and O–H groups in total. The zero-order valence-corrected chi connectivity index (χ0v) is 11.1. The molecule has 0 aromatic carbocycles. The molecule has 0 fully saturated rings. The number of rotatable bonds is 5. The van der Waals surface area contributed by atoms with Crippen molar-refractivity contribution in [3.05, 3.63) is 40.6 Å². The van der Waals surface area contributed by atoms with Gasteiger partial charge < -0.3 is 5.32 Å². The van der Waals surface area contributed by atoms with Crippen LogP contribution in [0.4, 0.5) is 0 Å². The maximum Gasteiger partial charge on any atom is 0.252 e. The summed E-state index contributed by atoms with van der Waals surface area (Å²) in [7, 11) is 0. The molecule has 7 heteroatoms. The largest absolute Gasteiger partial charge is 0.352 e. The van der Waals surface area contributed by atoms with Crippen molar-refractivity contribution in [2.75, 3.05) is 6.54 Å². The third-order valence-corrected chi connectivity index (χ3v) is 2.74. The van der Waals surface area contributed by atoms with E-state index in [1.54, 1.807) is 12.3 Å². The van der Waals surface area contributed by atoms with Crippen molar-refractivity contribution >= 4 is 21.8 Å². The maximum absolute atomic E-state index is 11.8. The lowest BCUT2D eigenvalue weighted by molar-refractivity contribution is 0.0952. The van der Waals surface area contributed by atoms with Gasteiger partial charge in [0.1, 0.15) is 12.2 Å². The van der Waals surface area contributed by atoms with Crippen molar-refractivity contribution < 1.29 is 4.79 Å². The smallest absolute Gasteiger partial charge is 0.252 e. The van der Waals surface area contributed by atoms with Gasteiger partial charge in [0.25, 0.3) is 5.91 Å². The van der Waals surface area contributed by atoms with Crippen LogP contribution in [0.3, 0.4) is 0 Å². The summed E-state index contributed by atoms with van der Waals surface area (Å²) in [5.41, 5.74) is 0.545. The van der Waals surface area contributed by atoms with Gasteiger partial charge in [0.15, 0.2) is 0 Å². The number of carbonyl (C=O) groups excluding carboxylic acids is 1. The van der Waals surface area contributed by atoms with Crippen molar-refractivity contribution in [3.63, 3.8) is 0 Å². The van der Waals surface area contributed by atoms with Crippen molar-refractivity contribution in [3.8, 4) is 0 Å². The summed E-state index contributed by atoms with van der Waals surface area (Å²) in [5, 5.41) is 9.36. The van der Waals surface area contributed by atoms with E-state index in [0.717, 1.165) is 23.1 Å². The molecular weight excluding hydrogens is 298 g/mol. The van der Waals surface area contributed by atoms with Crippen LogP contribution >= 0.6 is 15.9 Å². The molecule has 1 amide bonds. The third kappa shape index (κ3) is 3.63. The van der Waals surface area contributed by atoms with E-state index in [1.165, 1.54) is 12.5 Å². The lowest BCUT2D eigenvalue weighted by Crippen LogP contribution is -2.25. The molecule has 2 aromatic rings. The summed E-state index contributed by atoms with van der Waals surface area (Å²) in [5.74, 6) is 0.703. The monoisotopic (exact) mass is 309 g/mol. The lowest BCUT2D eigenvalue weighted by Gasteiger charge is -2.04. The number of H-pyrrole nitrogens is 1. The Morgan fingerprint density at radius 3 is 3.06 bits per heavy atom. The first-order valence-corrected chi connectivity index (χ1v) is 6.28. The van der Waals surface area contributed by atoms with E-state index in [9.17, 15) is 4.79 Å². The van der Waals surface area contributed by atoms with Crippen LogP contribution in [0.1, 0.15) is 22.6 Å². The molecule has 0 aliphatic rings. The Labute approximate surface area is 112 Å². The highest BCUT2D eigenvalue weighted by atomic mass is 79.9. The number of aromatic nitrogens is 4. The Morgan fingerprint density at radius 1 is 1.44 bits per heavy atom. The van der Waals surface area contributed by atoms with Gasteiger partial charge >= 0.3 is 0 Å². The fourth-order valence-corrected chi connectivity index (χ4v) is 1.81. The first-order valence-electron chi connectivity index (χ1n) is 5.48. The Morgan fingerprint density at radius 2 is 2.33 bits per heavy atom. The molecule has 0 radical (unpaired) electrons. The highest BCUT2D eigenvalue weighted by Gasteiger charge is 2.05. The quantitative estimate of drug-likeness (QED) is 0.816.